The molecule has 43 heavy (non-hydrogen) atoms. The van der Waals surface area contributed by atoms with Gasteiger partial charge in [0.25, 0.3) is 5.69 Å². The van der Waals surface area contributed by atoms with Crippen LogP contribution in [0.4, 0.5) is 17.2 Å². The fourth-order valence-electron chi connectivity index (χ4n) is 3.28. The average molecular weight is 694 g/mol. The van der Waals surface area contributed by atoms with Gasteiger partial charge in [0, 0.05) is 28.5 Å². The van der Waals surface area contributed by atoms with Crippen molar-refractivity contribution in [1.29, 1.82) is 0 Å². The Morgan fingerprint density at radius 3 is 1.95 bits per heavy atom. The molecule has 1 aromatic heterocycles. The SMILES string of the molecule is Cc1nc(N=Nc2cc(S(=O)(=O)[O-])c3cc([N+](=O)[O-])cc(S(=O)(=O)[O-])c3c2)c(COP(=O)([O-])[O-])c(C=O)c1O.[Na+].[Na+].[Na+].[Na+]. The van der Waals surface area contributed by atoms with E-state index in [1.807, 2.05) is 0 Å². The summed E-state index contributed by atoms with van der Waals surface area (Å²) in [5, 5.41) is 26.9. The Hall–Kier alpha value is 0.250. The largest absolute Gasteiger partial charge is 1.00 e. The molecule has 0 bridgehead atoms. The van der Waals surface area contributed by atoms with Gasteiger partial charge >= 0.3 is 118 Å². The van der Waals surface area contributed by atoms with Crippen LogP contribution < -0.4 is 128 Å². The van der Waals surface area contributed by atoms with Crippen LogP contribution in [0.1, 0.15) is 21.6 Å². The zero-order valence-corrected chi connectivity index (χ0v) is 33.4. The summed E-state index contributed by atoms with van der Waals surface area (Å²) in [6, 6.07) is 2.17. The van der Waals surface area contributed by atoms with Gasteiger partial charge in [-0.15, -0.1) is 10.2 Å². The Labute approximate surface area is 331 Å². The maximum Gasteiger partial charge on any atom is 1.00 e. The number of carbonyl (C=O) groups is 1. The smallest absolute Gasteiger partial charge is 0.790 e. The van der Waals surface area contributed by atoms with Crippen molar-refractivity contribution in [3.05, 3.63) is 51.2 Å². The number of fused-ring (bicyclic) bond motifs is 1. The molecule has 208 valence electrons. The van der Waals surface area contributed by atoms with Crippen LogP contribution in [0, 0.1) is 17.0 Å². The predicted molar refractivity (Wildman–Crippen MR) is 119 cm³/mol. The van der Waals surface area contributed by atoms with Crippen molar-refractivity contribution < 1.29 is 178 Å². The van der Waals surface area contributed by atoms with E-state index in [1.165, 1.54) is 6.92 Å². The van der Waals surface area contributed by atoms with E-state index in [9.17, 15) is 60.3 Å². The number of aromatic hydroxyl groups is 1. The summed E-state index contributed by atoms with van der Waals surface area (Å²) < 4.78 is 86.1. The zero-order valence-electron chi connectivity index (χ0n) is 22.9. The fourth-order valence-corrected chi connectivity index (χ4v) is 4.98. The normalized spacial score (nSPS) is 11.6. The van der Waals surface area contributed by atoms with E-state index in [1.54, 1.807) is 0 Å². The fraction of sp³-hybridized carbons (Fsp3) is 0.111. The molecular formula is C18H11N4Na4O14PS2. The standard InChI is InChI=1S/C18H15N4O14PS2.4Na/c1-8-17(24)13(6-23)14(7-36-37(27,28)29)18(19-8)21-20-9-2-11-12(15(3-9)38(30,31)32)4-10(22(25)26)5-16(11)39(33,34)35;;;;/h2-6,24H,7H2,1H3,(H2,27,28,29)(H,30,31,32)(H,33,34,35);;;;/q;4*+1/p-4. The second-order valence-electron chi connectivity index (χ2n) is 7.45. The van der Waals surface area contributed by atoms with Crippen LogP contribution in [0.15, 0.2) is 44.3 Å². The Morgan fingerprint density at radius 2 is 1.49 bits per heavy atom. The summed E-state index contributed by atoms with van der Waals surface area (Å²) in [6.07, 6.45) is 0.0542. The molecule has 0 atom stereocenters. The van der Waals surface area contributed by atoms with Crippen LogP contribution >= 0.6 is 7.82 Å². The molecule has 25 heteroatoms. The van der Waals surface area contributed by atoms with Gasteiger partial charge in [-0.3, -0.25) is 14.9 Å². The molecule has 1 heterocycles. The van der Waals surface area contributed by atoms with Crippen molar-refractivity contribution in [2.45, 2.75) is 23.3 Å². The third-order valence-corrected chi connectivity index (χ3v) is 7.12. The molecule has 2 aromatic carbocycles. The molecule has 0 unspecified atom stereocenters. The number of pyridine rings is 1. The molecule has 0 saturated carbocycles. The number of nitro groups is 1. The maximum absolute atomic E-state index is 11.9. The monoisotopic (exact) mass is 694 g/mol. The molecule has 0 spiro atoms. The van der Waals surface area contributed by atoms with Gasteiger partial charge in [0.2, 0.25) is 0 Å². The van der Waals surface area contributed by atoms with Crippen LogP contribution in [0.5, 0.6) is 5.75 Å². The van der Waals surface area contributed by atoms with E-state index in [0.717, 1.165) is 6.07 Å². The van der Waals surface area contributed by atoms with Gasteiger partial charge in [-0.05, 0) is 19.1 Å². The first-order valence-corrected chi connectivity index (χ1v) is 14.0. The van der Waals surface area contributed by atoms with Gasteiger partial charge in [0.15, 0.2) is 12.1 Å². The van der Waals surface area contributed by atoms with Gasteiger partial charge < -0.3 is 33.1 Å². The summed E-state index contributed by atoms with van der Waals surface area (Å²) in [4.78, 5) is 44.7. The molecule has 0 aliphatic carbocycles. The Bertz CT molecular complexity index is 1850. The quantitative estimate of drug-likeness (QED) is 0.0413. The Balaban J connectivity index is 0. The van der Waals surface area contributed by atoms with Crippen molar-refractivity contribution in [1.82, 2.24) is 4.98 Å². The van der Waals surface area contributed by atoms with Crippen molar-refractivity contribution >= 4 is 62.3 Å². The van der Waals surface area contributed by atoms with Crippen molar-refractivity contribution in [2.75, 3.05) is 0 Å². The minimum Gasteiger partial charge on any atom is -0.790 e. The minimum absolute atomic E-state index is 0. The topological polar surface area (TPSA) is 305 Å². The molecule has 0 radical (unpaired) electrons. The van der Waals surface area contributed by atoms with Crippen LogP contribution in [0.3, 0.4) is 0 Å². The summed E-state index contributed by atoms with van der Waals surface area (Å²) in [5.41, 5.74) is -3.03. The number of phosphoric acid groups is 1. The number of azo groups is 1. The van der Waals surface area contributed by atoms with Crippen LogP contribution in [-0.4, -0.2) is 47.2 Å². The number of nitrogens with zero attached hydrogens (tertiary/aromatic N) is 4. The predicted octanol–water partition coefficient (Wildman–Crippen LogP) is -11.4. The van der Waals surface area contributed by atoms with Crippen molar-refractivity contribution in [2.24, 2.45) is 10.2 Å². The summed E-state index contributed by atoms with van der Waals surface area (Å²) in [6.45, 7) is 0.0439. The second-order valence-corrected chi connectivity index (χ2v) is 11.3. The van der Waals surface area contributed by atoms with E-state index >= 15 is 0 Å². The molecular weight excluding hydrogens is 683 g/mol. The maximum atomic E-state index is 11.9. The molecule has 0 fully saturated rings. The van der Waals surface area contributed by atoms with Crippen molar-refractivity contribution in [3.63, 3.8) is 0 Å². The van der Waals surface area contributed by atoms with E-state index in [0.29, 0.717) is 18.2 Å². The molecule has 18 nitrogen and oxygen atoms in total. The molecule has 0 aliphatic rings. The average Bonchev–Trinajstić information content (AvgIpc) is 2.80. The number of aldehydes is 1. The van der Waals surface area contributed by atoms with Gasteiger partial charge in [0.05, 0.1) is 46.1 Å². The minimum atomic E-state index is -5.60. The Morgan fingerprint density at radius 1 is 0.977 bits per heavy atom. The number of hydrogen-bond donors (Lipinski definition) is 1. The van der Waals surface area contributed by atoms with Crippen LogP contribution in [0.2, 0.25) is 0 Å². The molecule has 0 amide bonds. The third kappa shape index (κ3) is 11.5. The number of nitro benzene ring substituents is 1. The first-order chi connectivity index (χ1) is 17.8. The zero-order chi connectivity index (χ0) is 29.5. The van der Waals surface area contributed by atoms with Crippen LogP contribution in [0.25, 0.3) is 10.8 Å². The molecule has 0 saturated heterocycles. The first kappa shape index (κ1) is 45.4. The van der Waals surface area contributed by atoms with Crippen molar-refractivity contribution in [3.8, 4) is 5.75 Å². The molecule has 0 aliphatic heterocycles. The number of carbonyl (C=O) groups excluding carboxylic acids is 1. The molecule has 3 rings (SSSR count). The first-order valence-electron chi connectivity index (χ1n) is 9.77. The van der Waals surface area contributed by atoms with Gasteiger partial charge in [-0.25, -0.2) is 21.8 Å². The van der Waals surface area contributed by atoms with E-state index in [-0.39, 0.29) is 130 Å². The Kier molecular flexibility index (Phi) is 18.4. The number of rotatable bonds is 9. The second kappa shape index (κ2) is 17.4. The van der Waals surface area contributed by atoms with Crippen LogP contribution in [-0.2, 0) is 35.9 Å². The molecule has 1 N–H and O–H groups in total. The number of aromatic nitrogens is 1. The van der Waals surface area contributed by atoms with E-state index in [2.05, 4.69) is 19.7 Å². The number of aryl methyl sites for hydroxylation is 1. The van der Waals surface area contributed by atoms with Gasteiger partial charge in [0.1, 0.15) is 26.0 Å². The van der Waals surface area contributed by atoms with E-state index in [4.69, 9.17) is 0 Å². The van der Waals surface area contributed by atoms with Gasteiger partial charge in [-0.2, -0.15) is 0 Å². The number of non-ortho nitro benzene ring substituents is 1. The number of hydrogen-bond acceptors (Lipinski definition) is 17. The summed E-state index contributed by atoms with van der Waals surface area (Å²) in [5.74, 6) is -1.36. The number of benzene rings is 2. The third-order valence-electron chi connectivity index (χ3n) is 4.92. The summed E-state index contributed by atoms with van der Waals surface area (Å²) in [7, 11) is -16.6. The summed E-state index contributed by atoms with van der Waals surface area (Å²) >= 11 is 0. The van der Waals surface area contributed by atoms with E-state index < -0.39 is 94.2 Å². The van der Waals surface area contributed by atoms with Gasteiger partial charge in [-0.1, -0.05) is 0 Å². The molecule has 3 aromatic rings. The number of phosphoric ester groups is 1.